The summed E-state index contributed by atoms with van der Waals surface area (Å²) in [6, 6.07) is 0. The molecule has 1 heterocycles. The van der Waals surface area contributed by atoms with E-state index in [2.05, 4.69) is 11.8 Å². The minimum absolute atomic E-state index is 0.159. The molecule has 0 atom stereocenters. The molecular formula is C10H11ClO2. The summed E-state index contributed by atoms with van der Waals surface area (Å²) in [6.07, 6.45) is 4.52. The Morgan fingerprint density at radius 3 is 3.00 bits per heavy atom. The number of unbranched alkanes of at least 4 members (excludes halogenated alkanes) is 1. The Hall–Kier alpha value is -0.940. The van der Waals surface area contributed by atoms with Crippen LogP contribution in [0, 0.1) is 11.8 Å². The van der Waals surface area contributed by atoms with Gasteiger partial charge in [-0.25, -0.2) is 0 Å². The topological polar surface area (TPSA) is 26.3 Å². The van der Waals surface area contributed by atoms with Crippen molar-refractivity contribution in [2.24, 2.45) is 0 Å². The van der Waals surface area contributed by atoms with Gasteiger partial charge in [-0.15, -0.1) is 11.6 Å². The van der Waals surface area contributed by atoms with E-state index in [1.54, 1.807) is 6.08 Å². The lowest BCUT2D eigenvalue weighted by Crippen LogP contribution is -1.88. The number of hydrogen-bond acceptors (Lipinski definition) is 2. The van der Waals surface area contributed by atoms with E-state index < -0.39 is 0 Å². The molecule has 0 spiro atoms. The molecule has 0 unspecified atom stereocenters. The van der Waals surface area contributed by atoms with Crippen LogP contribution in [0.2, 0.25) is 0 Å². The Kier molecular flexibility index (Phi) is 4.42. The maximum absolute atomic E-state index is 10.7. The van der Waals surface area contributed by atoms with E-state index in [1.807, 2.05) is 0 Å². The Morgan fingerprint density at radius 2 is 2.38 bits per heavy atom. The van der Waals surface area contributed by atoms with Crippen molar-refractivity contribution in [1.82, 2.24) is 0 Å². The van der Waals surface area contributed by atoms with Crippen molar-refractivity contribution in [3.8, 4) is 11.8 Å². The number of cyclic esters (lactones) is 1. The smallest absolute Gasteiger partial charge is 0.311 e. The fraction of sp³-hybridized carbons (Fsp3) is 0.500. The molecule has 13 heavy (non-hydrogen) atoms. The number of carbonyl (C=O) groups is 1. The number of carbonyl (C=O) groups excluding carboxylic acids is 1. The van der Waals surface area contributed by atoms with Gasteiger partial charge in [0.1, 0.15) is 5.76 Å². The second-order valence-electron chi connectivity index (χ2n) is 2.70. The normalized spacial score (nSPS) is 18.2. The molecule has 0 saturated carbocycles. The van der Waals surface area contributed by atoms with E-state index in [-0.39, 0.29) is 5.97 Å². The van der Waals surface area contributed by atoms with Gasteiger partial charge < -0.3 is 4.74 Å². The van der Waals surface area contributed by atoms with Crippen molar-refractivity contribution in [3.63, 3.8) is 0 Å². The molecule has 0 aliphatic carbocycles. The van der Waals surface area contributed by atoms with Crippen LogP contribution in [0.15, 0.2) is 11.8 Å². The van der Waals surface area contributed by atoms with E-state index >= 15 is 0 Å². The Morgan fingerprint density at radius 1 is 1.54 bits per heavy atom. The molecular weight excluding hydrogens is 188 g/mol. The molecule has 0 radical (unpaired) electrons. The zero-order valence-corrected chi connectivity index (χ0v) is 8.06. The summed E-state index contributed by atoms with van der Waals surface area (Å²) in [5.41, 5.74) is 0. The molecule has 0 N–H and O–H groups in total. The molecule has 3 heteroatoms. The summed E-state index contributed by atoms with van der Waals surface area (Å²) in [7, 11) is 0. The molecule has 1 fully saturated rings. The highest BCUT2D eigenvalue weighted by atomic mass is 35.5. The van der Waals surface area contributed by atoms with Crippen molar-refractivity contribution in [2.45, 2.75) is 25.7 Å². The average molecular weight is 199 g/mol. The lowest BCUT2D eigenvalue weighted by molar-refractivity contribution is -0.135. The van der Waals surface area contributed by atoms with E-state index in [0.717, 1.165) is 12.8 Å². The minimum atomic E-state index is -0.159. The van der Waals surface area contributed by atoms with Crippen LogP contribution in [0.25, 0.3) is 0 Å². The molecule has 0 bridgehead atoms. The lowest BCUT2D eigenvalue weighted by atomic mass is 10.3. The number of hydrogen-bond donors (Lipinski definition) is 0. The Labute approximate surface area is 82.9 Å². The quantitative estimate of drug-likeness (QED) is 0.294. The number of halogens is 1. The maximum Gasteiger partial charge on any atom is 0.311 e. The van der Waals surface area contributed by atoms with Crippen LogP contribution < -0.4 is 0 Å². The SMILES string of the molecule is O=C1CC/C(=C\C#CCCCCl)O1. The highest BCUT2D eigenvalue weighted by Crippen LogP contribution is 2.16. The van der Waals surface area contributed by atoms with Crippen LogP contribution in [0.4, 0.5) is 0 Å². The van der Waals surface area contributed by atoms with Gasteiger partial charge in [-0.2, -0.15) is 0 Å². The highest BCUT2D eigenvalue weighted by molar-refractivity contribution is 6.17. The first-order valence-electron chi connectivity index (χ1n) is 4.27. The molecule has 70 valence electrons. The van der Waals surface area contributed by atoms with Crippen molar-refractivity contribution in [1.29, 1.82) is 0 Å². The molecule has 1 aliphatic heterocycles. The molecule has 0 aromatic rings. The fourth-order valence-corrected chi connectivity index (χ4v) is 1.07. The van der Waals surface area contributed by atoms with Crippen molar-refractivity contribution in [2.75, 3.05) is 5.88 Å². The summed E-state index contributed by atoms with van der Waals surface area (Å²) in [5.74, 6) is 6.92. The standard InChI is InChI=1S/C10H11ClO2/c11-8-4-2-1-3-5-9-6-7-10(12)13-9/h5H,2,4,6-8H2/b9-5+. The van der Waals surface area contributed by atoms with E-state index in [0.29, 0.717) is 24.5 Å². The first-order valence-corrected chi connectivity index (χ1v) is 4.80. The van der Waals surface area contributed by atoms with Crippen molar-refractivity contribution < 1.29 is 9.53 Å². The van der Waals surface area contributed by atoms with Crippen LogP contribution in [0.5, 0.6) is 0 Å². The predicted octanol–water partition coefficient (Wildman–Crippen LogP) is 2.23. The zero-order valence-electron chi connectivity index (χ0n) is 7.31. The van der Waals surface area contributed by atoms with Crippen LogP contribution in [0.1, 0.15) is 25.7 Å². The van der Waals surface area contributed by atoms with Gasteiger partial charge in [0.25, 0.3) is 0 Å². The molecule has 0 aromatic heterocycles. The minimum Gasteiger partial charge on any atom is -0.430 e. The monoisotopic (exact) mass is 198 g/mol. The summed E-state index contributed by atoms with van der Waals surface area (Å²) < 4.78 is 4.86. The predicted molar refractivity (Wildman–Crippen MR) is 51.1 cm³/mol. The summed E-state index contributed by atoms with van der Waals surface area (Å²) in [4.78, 5) is 10.7. The van der Waals surface area contributed by atoms with Gasteiger partial charge in [0.05, 0.1) is 6.42 Å². The number of allylic oxidation sites excluding steroid dienone is 2. The molecule has 1 aliphatic rings. The second kappa shape index (κ2) is 5.66. The molecule has 0 amide bonds. The number of esters is 1. The third kappa shape index (κ3) is 4.00. The van der Waals surface area contributed by atoms with Gasteiger partial charge >= 0.3 is 5.97 Å². The van der Waals surface area contributed by atoms with Gasteiger partial charge in [0.2, 0.25) is 0 Å². The van der Waals surface area contributed by atoms with Crippen LogP contribution in [-0.2, 0) is 9.53 Å². The van der Waals surface area contributed by atoms with Gasteiger partial charge in [-0.3, -0.25) is 4.79 Å². The van der Waals surface area contributed by atoms with Crippen LogP contribution in [0.3, 0.4) is 0 Å². The van der Waals surface area contributed by atoms with E-state index in [1.165, 1.54) is 0 Å². The van der Waals surface area contributed by atoms with Crippen LogP contribution >= 0.6 is 11.6 Å². The Balaban J connectivity index is 2.29. The van der Waals surface area contributed by atoms with E-state index in [9.17, 15) is 4.79 Å². The highest BCUT2D eigenvalue weighted by Gasteiger charge is 2.15. The summed E-state index contributed by atoms with van der Waals surface area (Å²) >= 11 is 5.47. The molecule has 1 rings (SSSR count). The van der Waals surface area contributed by atoms with Gasteiger partial charge in [-0.1, -0.05) is 11.8 Å². The number of ether oxygens (including phenoxy) is 1. The lowest BCUT2D eigenvalue weighted by Gasteiger charge is -1.89. The third-order valence-corrected chi connectivity index (χ3v) is 1.86. The molecule has 0 aromatic carbocycles. The second-order valence-corrected chi connectivity index (χ2v) is 3.08. The number of alkyl halides is 1. The largest absolute Gasteiger partial charge is 0.430 e. The zero-order chi connectivity index (χ0) is 9.52. The Bertz CT molecular complexity index is 270. The first-order chi connectivity index (χ1) is 6.33. The van der Waals surface area contributed by atoms with E-state index in [4.69, 9.17) is 16.3 Å². The fourth-order valence-electron chi connectivity index (χ4n) is 0.934. The van der Waals surface area contributed by atoms with Gasteiger partial charge in [0.15, 0.2) is 0 Å². The molecule has 1 saturated heterocycles. The average Bonchev–Trinajstić information content (AvgIpc) is 2.51. The maximum atomic E-state index is 10.7. The van der Waals surface area contributed by atoms with Gasteiger partial charge in [-0.05, 0) is 6.42 Å². The first kappa shape index (κ1) is 10.1. The van der Waals surface area contributed by atoms with Gasteiger partial charge in [0, 0.05) is 24.8 Å². The molecule has 2 nitrogen and oxygen atoms in total. The van der Waals surface area contributed by atoms with Crippen LogP contribution in [-0.4, -0.2) is 11.8 Å². The third-order valence-electron chi connectivity index (χ3n) is 1.59. The summed E-state index contributed by atoms with van der Waals surface area (Å²) in [6.45, 7) is 0. The van der Waals surface area contributed by atoms with Crippen molar-refractivity contribution >= 4 is 17.6 Å². The number of rotatable bonds is 2. The summed E-state index contributed by atoms with van der Waals surface area (Å²) in [5, 5.41) is 0. The van der Waals surface area contributed by atoms with Crippen molar-refractivity contribution in [3.05, 3.63) is 11.8 Å².